The molecule has 0 heterocycles. The molecule has 0 aliphatic carbocycles. The minimum absolute atomic E-state index is 0.270. The quantitative estimate of drug-likeness (QED) is 0.765. The third kappa shape index (κ3) is 4.57. The van der Waals surface area contributed by atoms with E-state index in [0.717, 1.165) is 0 Å². The lowest BCUT2D eigenvalue weighted by molar-refractivity contribution is 0.0938. The minimum atomic E-state index is -0.314. The van der Waals surface area contributed by atoms with Crippen molar-refractivity contribution in [1.29, 1.82) is 0 Å². The van der Waals surface area contributed by atoms with E-state index in [1.54, 1.807) is 55.6 Å². The molecule has 2 rings (SSSR count). The Morgan fingerprint density at radius 1 is 1.00 bits per heavy atom. The molecule has 0 saturated heterocycles. The van der Waals surface area contributed by atoms with Crippen LogP contribution in [-0.2, 0) is 4.74 Å². The number of hydrogen-bond donors (Lipinski definition) is 2. The summed E-state index contributed by atoms with van der Waals surface area (Å²) >= 11 is 0. The van der Waals surface area contributed by atoms with Crippen LogP contribution in [0.4, 0.5) is 5.69 Å². The van der Waals surface area contributed by atoms with Crippen LogP contribution in [0.2, 0.25) is 0 Å². The van der Waals surface area contributed by atoms with Gasteiger partial charge >= 0.3 is 0 Å². The lowest BCUT2D eigenvalue weighted by Gasteiger charge is -2.11. The summed E-state index contributed by atoms with van der Waals surface area (Å²) in [6, 6.07) is 13.6. The van der Waals surface area contributed by atoms with Crippen molar-refractivity contribution in [2.75, 3.05) is 32.7 Å². The predicted molar refractivity (Wildman–Crippen MR) is 91.6 cm³/mol. The molecule has 0 unspecified atom stereocenters. The first-order chi connectivity index (χ1) is 11.7. The van der Waals surface area contributed by atoms with E-state index in [9.17, 15) is 9.59 Å². The van der Waals surface area contributed by atoms with E-state index in [1.807, 2.05) is 0 Å². The largest absolute Gasteiger partial charge is 0.497 e. The summed E-state index contributed by atoms with van der Waals surface area (Å²) in [7, 11) is 3.10. The number of hydrogen-bond acceptors (Lipinski definition) is 4. The fraction of sp³-hybridized carbons (Fsp3) is 0.222. The second-order valence-corrected chi connectivity index (χ2v) is 4.98. The Kier molecular flexibility index (Phi) is 6.33. The zero-order valence-corrected chi connectivity index (χ0v) is 13.7. The topological polar surface area (TPSA) is 76.7 Å². The molecule has 0 aliphatic rings. The van der Waals surface area contributed by atoms with Crippen LogP contribution in [0.3, 0.4) is 0 Å². The van der Waals surface area contributed by atoms with Gasteiger partial charge < -0.3 is 20.1 Å². The summed E-state index contributed by atoms with van der Waals surface area (Å²) in [6.45, 7) is 0.817. The molecule has 0 aromatic heterocycles. The second kappa shape index (κ2) is 8.69. The molecule has 2 aromatic rings. The summed E-state index contributed by atoms with van der Waals surface area (Å²) in [5.74, 6) is 0.00729. The maximum Gasteiger partial charge on any atom is 0.255 e. The number of benzene rings is 2. The molecule has 0 fully saturated rings. The fourth-order valence-electron chi connectivity index (χ4n) is 2.11. The Hall–Kier alpha value is -2.86. The molecule has 0 spiro atoms. The van der Waals surface area contributed by atoms with E-state index in [-0.39, 0.29) is 11.8 Å². The minimum Gasteiger partial charge on any atom is -0.497 e. The molecule has 2 amide bonds. The molecule has 0 atom stereocenters. The number of anilines is 1. The molecule has 6 heteroatoms. The van der Waals surface area contributed by atoms with E-state index in [2.05, 4.69) is 10.6 Å². The second-order valence-electron chi connectivity index (χ2n) is 4.98. The maximum absolute atomic E-state index is 12.4. The molecule has 0 saturated carbocycles. The van der Waals surface area contributed by atoms with Crippen molar-refractivity contribution in [1.82, 2.24) is 5.32 Å². The Morgan fingerprint density at radius 2 is 1.79 bits per heavy atom. The van der Waals surface area contributed by atoms with Crippen LogP contribution < -0.4 is 15.4 Å². The van der Waals surface area contributed by atoms with Gasteiger partial charge in [-0.15, -0.1) is 0 Å². The first-order valence-corrected chi connectivity index (χ1v) is 7.47. The van der Waals surface area contributed by atoms with E-state index in [1.165, 1.54) is 7.11 Å². The summed E-state index contributed by atoms with van der Waals surface area (Å²) in [6.07, 6.45) is 0. The third-order valence-electron chi connectivity index (χ3n) is 3.34. The van der Waals surface area contributed by atoms with Gasteiger partial charge in [0.15, 0.2) is 0 Å². The highest BCUT2D eigenvalue weighted by atomic mass is 16.5. The zero-order chi connectivity index (χ0) is 17.4. The molecule has 126 valence electrons. The van der Waals surface area contributed by atoms with Crippen molar-refractivity contribution in [2.24, 2.45) is 0 Å². The summed E-state index contributed by atoms with van der Waals surface area (Å²) < 4.78 is 10.0. The van der Waals surface area contributed by atoms with Gasteiger partial charge in [0, 0.05) is 19.2 Å². The van der Waals surface area contributed by atoms with Crippen LogP contribution in [-0.4, -0.2) is 39.2 Å². The highest BCUT2D eigenvalue weighted by molar-refractivity contribution is 6.09. The highest BCUT2D eigenvalue weighted by Gasteiger charge is 2.14. The lowest BCUT2D eigenvalue weighted by atomic mass is 10.1. The van der Waals surface area contributed by atoms with Gasteiger partial charge in [-0.25, -0.2) is 0 Å². The number of carbonyl (C=O) groups is 2. The monoisotopic (exact) mass is 328 g/mol. The lowest BCUT2D eigenvalue weighted by Crippen LogP contribution is -2.28. The molecular formula is C18H20N2O4. The van der Waals surface area contributed by atoms with Crippen LogP contribution in [0.25, 0.3) is 0 Å². The van der Waals surface area contributed by atoms with Gasteiger partial charge in [-0.3, -0.25) is 9.59 Å². The van der Waals surface area contributed by atoms with E-state index in [0.29, 0.717) is 35.7 Å². The van der Waals surface area contributed by atoms with E-state index >= 15 is 0 Å². The number of rotatable bonds is 7. The standard InChI is InChI=1S/C18H20N2O4/c1-23-11-10-19-18(22)15-8-3-4-9-16(15)20-17(21)13-6-5-7-14(12-13)24-2/h3-9,12H,10-11H2,1-2H3,(H,19,22)(H,20,21). The average molecular weight is 328 g/mol. The zero-order valence-electron chi connectivity index (χ0n) is 13.7. The van der Waals surface area contributed by atoms with Gasteiger partial charge in [0.1, 0.15) is 5.75 Å². The SMILES string of the molecule is COCCNC(=O)c1ccccc1NC(=O)c1cccc(OC)c1. The number of carbonyl (C=O) groups excluding carboxylic acids is 2. The molecule has 2 aromatic carbocycles. The molecule has 0 radical (unpaired) electrons. The first-order valence-electron chi connectivity index (χ1n) is 7.47. The smallest absolute Gasteiger partial charge is 0.255 e. The maximum atomic E-state index is 12.4. The van der Waals surface area contributed by atoms with Gasteiger partial charge in [-0.2, -0.15) is 0 Å². The van der Waals surface area contributed by atoms with E-state index in [4.69, 9.17) is 9.47 Å². The number of nitrogens with one attached hydrogen (secondary N) is 2. The Morgan fingerprint density at radius 3 is 2.54 bits per heavy atom. The molecule has 6 nitrogen and oxygen atoms in total. The van der Waals surface area contributed by atoms with Crippen molar-refractivity contribution >= 4 is 17.5 Å². The summed E-state index contributed by atoms with van der Waals surface area (Å²) in [4.78, 5) is 24.6. The van der Waals surface area contributed by atoms with Crippen molar-refractivity contribution < 1.29 is 19.1 Å². The van der Waals surface area contributed by atoms with Crippen molar-refractivity contribution in [2.45, 2.75) is 0 Å². The first kappa shape index (κ1) is 17.5. The van der Waals surface area contributed by atoms with Crippen LogP contribution >= 0.6 is 0 Å². The molecule has 0 bridgehead atoms. The van der Waals surface area contributed by atoms with Crippen LogP contribution in [0.5, 0.6) is 5.75 Å². The third-order valence-corrected chi connectivity index (χ3v) is 3.34. The molecular weight excluding hydrogens is 308 g/mol. The Balaban J connectivity index is 2.14. The summed E-state index contributed by atoms with van der Waals surface area (Å²) in [5.41, 5.74) is 1.29. The summed E-state index contributed by atoms with van der Waals surface area (Å²) in [5, 5.41) is 5.50. The van der Waals surface area contributed by atoms with E-state index < -0.39 is 0 Å². The van der Waals surface area contributed by atoms with Crippen molar-refractivity contribution in [3.05, 3.63) is 59.7 Å². The van der Waals surface area contributed by atoms with Crippen LogP contribution in [0.15, 0.2) is 48.5 Å². The molecule has 2 N–H and O–H groups in total. The Labute approximate surface area is 140 Å². The predicted octanol–water partition coefficient (Wildman–Crippen LogP) is 2.32. The van der Waals surface area contributed by atoms with Gasteiger partial charge in [0.25, 0.3) is 11.8 Å². The number of para-hydroxylation sites is 1. The fourth-order valence-corrected chi connectivity index (χ4v) is 2.11. The normalized spacial score (nSPS) is 10.1. The average Bonchev–Trinajstić information content (AvgIpc) is 2.62. The Bertz CT molecular complexity index is 716. The van der Waals surface area contributed by atoms with Gasteiger partial charge in [-0.05, 0) is 30.3 Å². The van der Waals surface area contributed by atoms with Crippen LogP contribution in [0.1, 0.15) is 20.7 Å². The van der Waals surface area contributed by atoms with Crippen molar-refractivity contribution in [3.8, 4) is 5.75 Å². The highest BCUT2D eigenvalue weighted by Crippen LogP contribution is 2.18. The van der Waals surface area contributed by atoms with Gasteiger partial charge in [0.2, 0.25) is 0 Å². The number of amides is 2. The van der Waals surface area contributed by atoms with Crippen LogP contribution in [0, 0.1) is 0 Å². The molecule has 24 heavy (non-hydrogen) atoms. The molecule has 0 aliphatic heterocycles. The van der Waals surface area contributed by atoms with Gasteiger partial charge in [-0.1, -0.05) is 18.2 Å². The number of ether oxygens (including phenoxy) is 2. The van der Waals surface area contributed by atoms with Crippen molar-refractivity contribution in [3.63, 3.8) is 0 Å². The number of methoxy groups -OCH3 is 2. The van der Waals surface area contributed by atoms with Gasteiger partial charge in [0.05, 0.1) is 25.0 Å².